The summed E-state index contributed by atoms with van der Waals surface area (Å²) in [5.41, 5.74) is 0. The van der Waals surface area contributed by atoms with Gasteiger partial charge >= 0.3 is 0 Å². The first-order valence-electron chi connectivity index (χ1n) is 4.14. The molecule has 0 radical (unpaired) electrons. The van der Waals surface area contributed by atoms with Crippen molar-refractivity contribution in [2.45, 2.75) is 32.6 Å². The highest BCUT2D eigenvalue weighted by atomic mass is 15.0. The molecule has 1 rings (SSSR count). The van der Waals surface area contributed by atoms with Gasteiger partial charge in [-0.2, -0.15) is 0 Å². The van der Waals surface area contributed by atoms with Crippen LogP contribution in [0.15, 0.2) is 4.99 Å². The number of aliphatic imine (C=N–C) groups is 1. The van der Waals surface area contributed by atoms with Gasteiger partial charge in [0, 0.05) is 13.1 Å². The summed E-state index contributed by atoms with van der Waals surface area (Å²) in [5, 5.41) is 3.27. The summed E-state index contributed by atoms with van der Waals surface area (Å²) >= 11 is 0. The summed E-state index contributed by atoms with van der Waals surface area (Å²) in [5.74, 6) is 1.11. The van der Waals surface area contributed by atoms with Crippen molar-refractivity contribution < 1.29 is 0 Å². The Hall–Kier alpha value is -0.530. The summed E-state index contributed by atoms with van der Waals surface area (Å²) in [6.07, 6.45) is 5.26. The van der Waals surface area contributed by atoms with E-state index in [1.165, 1.54) is 25.7 Å². The lowest BCUT2D eigenvalue weighted by Gasteiger charge is -2.01. The highest BCUT2D eigenvalue weighted by Gasteiger charge is 1.94. The minimum Gasteiger partial charge on any atom is -0.374 e. The van der Waals surface area contributed by atoms with E-state index >= 15 is 0 Å². The molecule has 0 amide bonds. The monoisotopic (exact) mass is 140 g/mol. The molecule has 0 spiro atoms. The van der Waals surface area contributed by atoms with E-state index in [9.17, 15) is 0 Å². The maximum Gasteiger partial charge on any atom is 0.0931 e. The van der Waals surface area contributed by atoms with E-state index in [1.54, 1.807) is 0 Å². The van der Waals surface area contributed by atoms with E-state index < -0.39 is 0 Å². The van der Waals surface area contributed by atoms with Crippen molar-refractivity contribution in [2.24, 2.45) is 4.99 Å². The van der Waals surface area contributed by atoms with Crippen LogP contribution < -0.4 is 5.32 Å². The third kappa shape index (κ3) is 2.85. The summed E-state index contributed by atoms with van der Waals surface area (Å²) < 4.78 is 0. The molecule has 0 unspecified atom stereocenters. The number of nitrogens with one attached hydrogen (secondary N) is 1. The summed E-state index contributed by atoms with van der Waals surface area (Å²) in [6.45, 7) is 4.17. The number of amidine groups is 1. The lowest BCUT2D eigenvalue weighted by Crippen LogP contribution is -2.21. The van der Waals surface area contributed by atoms with Gasteiger partial charge in [-0.15, -0.1) is 0 Å². The van der Waals surface area contributed by atoms with Crippen LogP contribution in [-0.2, 0) is 0 Å². The Morgan fingerprint density at radius 1 is 1.20 bits per heavy atom. The Morgan fingerprint density at radius 2 is 2.00 bits per heavy atom. The van der Waals surface area contributed by atoms with E-state index in [0.717, 1.165) is 18.9 Å². The average Bonchev–Trinajstić information content (AvgIpc) is 2.02. The molecule has 1 heterocycles. The van der Waals surface area contributed by atoms with Crippen LogP contribution >= 0.6 is 0 Å². The molecule has 1 N–H and O–H groups in total. The summed E-state index contributed by atoms with van der Waals surface area (Å²) in [7, 11) is 0. The highest BCUT2D eigenvalue weighted by Crippen LogP contribution is 2.00. The van der Waals surface area contributed by atoms with Crippen LogP contribution in [0.5, 0.6) is 0 Å². The second kappa shape index (κ2) is 4.31. The largest absolute Gasteiger partial charge is 0.374 e. The van der Waals surface area contributed by atoms with Crippen LogP contribution in [0.25, 0.3) is 0 Å². The first-order valence-corrected chi connectivity index (χ1v) is 4.14. The van der Waals surface area contributed by atoms with Crippen molar-refractivity contribution in [3.05, 3.63) is 0 Å². The topological polar surface area (TPSA) is 24.4 Å². The summed E-state index contributed by atoms with van der Waals surface area (Å²) in [4.78, 5) is 4.35. The molecule has 2 heteroatoms. The summed E-state index contributed by atoms with van der Waals surface area (Å²) in [6, 6.07) is 0. The van der Waals surface area contributed by atoms with Crippen molar-refractivity contribution in [1.29, 1.82) is 0 Å². The van der Waals surface area contributed by atoms with Gasteiger partial charge in [0.1, 0.15) is 0 Å². The lowest BCUT2D eigenvalue weighted by molar-refractivity contribution is 0.651. The van der Waals surface area contributed by atoms with Crippen LogP contribution in [-0.4, -0.2) is 18.9 Å². The molecular formula is C8H16N2. The van der Waals surface area contributed by atoms with E-state index in [2.05, 4.69) is 10.3 Å². The second-order valence-electron chi connectivity index (χ2n) is 2.81. The van der Waals surface area contributed by atoms with Gasteiger partial charge in [-0.05, 0) is 19.8 Å². The van der Waals surface area contributed by atoms with E-state index in [1.807, 2.05) is 6.92 Å². The van der Waals surface area contributed by atoms with Gasteiger partial charge in [0.25, 0.3) is 0 Å². The van der Waals surface area contributed by atoms with Gasteiger partial charge in [-0.25, -0.2) is 0 Å². The van der Waals surface area contributed by atoms with Crippen molar-refractivity contribution in [3.63, 3.8) is 0 Å². The molecular weight excluding hydrogens is 124 g/mol. The molecule has 0 aromatic carbocycles. The Bertz CT molecular complexity index is 118. The molecule has 0 saturated heterocycles. The number of hydrogen-bond donors (Lipinski definition) is 1. The Morgan fingerprint density at radius 3 is 2.90 bits per heavy atom. The van der Waals surface area contributed by atoms with Gasteiger partial charge in [0.05, 0.1) is 5.84 Å². The Balaban J connectivity index is 2.29. The Labute approximate surface area is 62.7 Å². The predicted octanol–water partition coefficient (Wildman–Crippen LogP) is 1.57. The first-order chi connectivity index (χ1) is 4.89. The molecule has 0 fully saturated rings. The van der Waals surface area contributed by atoms with Crippen LogP contribution in [0, 0.1) is 0 Å². The molecule has 0 bridgehead atoms. The predicted molar refractivity (Wildman–Crippen MR) is 44.4 cm³/mol. The van der Waals surface area contributed by atoms with Gasteiger partial charge < -0.3 is 5.32 Å². The van der Waals surface area contributed by atoms with Gasteiger partial charge in [-0.3, -0.25) is 4.99 Å². The molecule has 0 aromatic heterocycles. The fourth-order valence-electron chi connectivity index (χ4n) is 1.16. The van der Waals surface area contributed by atoms with Crippen LogP contribution in [0.3, 0.4) is 0 Å². The Kier molecular flexibility index (Phi) is 3.27. The fraction of sp³-hybridized carbons (Fsp3) is 0.875. The van der Waals surface area contributed by atoms with Crippen molar-refractivity contribution in [3.8, 4) is 0 Å². The third-order valence-corrected chi connectivity index (χ3v) is 1.81. The van der Waals surface area contributed by atoms with Crippen molar-refractivity contribution >= 4 is 5.84 Å². The second-order valence-corrected chi connectivity index (χ2v) is 2.81. The number of hydrogen-bond acceptors (Lipinski definition) is 2. The quantitative estimate of drug-likeness (QED) is 0.542. The van der Waals surface area contributed by atoms with E-state index in [4.69, 9.17) is 0 Å². The van der Waals surface area contributed by atoms with Crippen LogP contribution in [0.4, 0.5) is 0 Å². The minimum absolute atomic E-state index is 1.01. The smallest absolute Gasteiger partial charge is 0.0931 e. The zero-order valence-electron chi connectivity index (χ0n) is 6.69. The average molecular weight is 140 g/mol. The molecule has 10 heavy (non-hydrogen) atoms. The van der Waals surface area contributed by atoms with Crippen molar-refractivity contribution in [2.75, 3.05) is 13.1 Å². The maximum absolute atomic E-state index is 4.35. The van der Waals surface area contributed by atoms with Gasteiger partial charge in [-0.1, -0.05) is 12.8 Å². The molecule has 0 saturated carbocycles. The molecule has 0 atom stereocenters. The molecule has 1 aliphatic rings. The highest BCUT2D eigenvalue weighted by molar-refractivity contribution is 5.79. The van der Waals surface area contributed by atoms with Crippen LogP contribution in [0.1, 0.15) is 32.6 Å². The van der Waals surface area contributed by atoms with Crippen molar-refractivity contribution in [1.82, 2.24) is 5.32 Å². The first kappa shape index (κ1) is 7.58. The molecule has 58 valence electrons. The molecule has 0 aromatic rings. The SMILES string of the molecule is CC1=NCCCCCCN1. The molecule has 1 aliphatic heterocycles. The number of nitrogens with zero attached hydrogens (tertiary/aromatic N) is 1. The van der Waals surface area contributed by atoms with E-state index in [0.29, 0.717) is 0 Å². The third-order valence-electron chi connectivity index (χ3n) is 1.81. The van der Waals surface area contributed by atoms with Gasteiger partial charge in [0.2, 0.25) is 0 Å². The zero-order chi connectivity index (χ0) is 7.23. The molecule has 2 nitrogen and oxygen atoms in total. The van der Waals surface area contributed by atoms with E-state index in [-0.39, 0.29) is 0 Å². The minimum atomic E-state index is 1.01. The number of rotatable bonds is 0. The fourth-order valence-corrected chi connectivity index (χ4v) is 1.16. The normalized spacial score (nSPS) is 21.5. The van der Waals surface area contributed by atoms with Crippen LogP contribution in [0.2, 0.25) is 0 Å². The van der Waals surface area contributed by atoms with Gasteiger partial charge in [0.15, 0.2) is 0 Å². The standard InChI is InChI=1S/C8H16N2/c1-8-9-6-4-2-3-5-7-10-8/h2-7H2,1H3,(H,9,10). The lowest BCUT2D eigenvalue weighted by atomic mass is 10.2. The zero-order valence-corrected chi connectivity index (χ0v) is 6.69. The maximum atomic E-state index is 4.35. The molecule has 0 aliphatic carbocycles.